The van der Waals surface area contributed by atoms with Gasteiger partial charge in [-0.2, -0.15) is 0 Å². The fourth-order valence-electron chi connectivity index (χ4n) is 13.8. The summed E-state index contributed by atoms with van der Waals surface area (Å²) in [5, 5.41) is 0. The van der Waals surface area contributed by atoms with Crippen molar-refractivity contribution in [2.24, 2.45) is 0 Å². The number of rotatable bonds is 16. The average molecular weight is 1100 g/mol. The van der Waals surface area contributed by atoms with Gasteiger partial charge >= 0.3 is 0 Å². The molecule has 4 fully saturated rings. The van der Waals surface area contributed by atoms with Gasteiger partial charge in [0, 0.05) is 25.7 Å². The maximum absolute atomic E-state index is 7.47. The van der Waals surface area contributed by atoms with E-state index in [9.17, 15) is 0 Å². The molecule has 8 bridgehead atoms. The lowest BCUT2D eigenvalue weighted by Gasteiger charge is -2.30. The van der Waals surface area contributed by atoms with Gasteiger partial charge in [0.05, 0.1) is 52.4 Å². The third-order valence-electron chi connectivity index (χ3n) is 19.0. The molecule has 0 aromatic heterocycles. The number of benzene rings is 4. The van der Waals surface area contributed by atoms with Gasteiger partial charge in [-0.15, -0.1) is 0 Å². The van der Waals surface area contributed by atoms with Gasteiger partial charge in [0.1, 0.15) is 75.6 Å². The summed E-state index contributed by atoms with van der Waals surface area (Å²) in [7, 11) is 0. The predicted molar refractivity (Wildman–Crippen MR) is 331 cm³/mol. The lowest BCUT2D eigenvalue weighted by atomic mass is 9.79. The van der Waals surface area contributed by atoms with Gasteiger partial charge in [0.15, 0.2) is 0 Å². The summed E-state index contributed by atoms with van der Waals surface area (Å²) in [4.78, 5) is 6.71. The molecule has 4 heterocycles. The number of nitrogens with one attached hydrogen (secondary N) is 4. The van der Waals surface area contributed by atoms with E-state index in [-0.39, 0.29) is 21.7 Å². The molecule has 1 aliphatic carbocycles. The van der Waals surface area contributed by atoms with Gasteiger partial charge < -0.3 is 38.5 Å². The monoisotopic (exact) mass is 1100 g/mol. The molecule has 440 valence electrons. The molecule has 0 amide bonds. The predicted octanol–water partition coefficient (Wildman–Crippen LogP) is 9.34. The average Bonchev–Trinajstić information content (AvgIpc) is 3.54. The van der Waals surface area contributed by atoms with Gasteiger partial charge in [-0.3, -0.25) is 0 Å². The second-order valence-electron chi connectivity index (χ2n) is 29.8. The first-order valence-electron chi connectivity index (χ1n) is 32.7. The molecule has 8 nitrogen and oxygen atoms in total. The molecule has 0 atom stereocenters. The smallest absolute Gasteiger partial charge is 0.137 e. The Labute approximate surface area is 487 Å². The molecule has 0 radical (unpaired) electrons. The van der Waals surface area contributed by atoms with Gasteiger partial charge in [-0.05, 0) is 165 Å². The fourth-order valence-corrected chi connectivity index (χ4v) is 13.8. The van der Waals surface area contributed by atoms with Crippen molar-refractivity contribution in [2.45, 2.75) is 207 Å². The normalized spacial score (nSPS) is 18.8. The van der Waals surface area contributed by atoms with Crippen LogP contribution in [0.15, 0.2) is 48.5 Å². The fraction of sp³-hybridized carbons (Fsp3) is 0.667. The molecular weight excluding hydrogens is 985 g/mol. The topological polar surface area (TPSA) is 54.7 Å². The van der Waals surface area contributed by atoms with E-state index < -0.39 is 0 Å². The van der Waals surface area contributed by atoms with Crippen LogP contribution in [0.5, 0.6) is 23.0 Å². The van der Waals surface area contributed by atoms with Crippen molar-refractivity contribution in [3.8, 4) is 23.0 Å². The van der Waals surface area contributed by atoms with Crippen molar-refractivity contribution >= 4 is 0 Å². The Morgan fingerprint density at radius 2 is 0.425 bits per heavy atom. The van der Waals surface area contributed by atoms with Crippen molar-refractivity contribution in [1.29, 1.82) is 0 Å². The van der Waals surface area contributed by atoms with E-state index in [4.69, 9.17) is 18.9 Å². The zero-order valence-corrected chi connectivity index (χ0v) is 52.9. The summed E-state index contributed by atoms with van der Waals surface area (Å²) in [6.45, 7) is 45.4. The molecule has 80 heavy (non-hydrogen) atoms. The molecule has 0 spiro atoms. The van der Waals surface area contributed by atoms with E-state index in [1.54, 1.807) is 19.6 Å². The number of quaternary nitrogens is 4. The first-order chi connectivity index (χ1) is 38.2. The second-order valence-corrected chi connectivity index (χ2v) is 29.8. The van der Waals surface area contributed by atoms with Crippen LogP contribution in [0.2, 0.25) is 0 Å². The molecule has 8 heteroatoms. The lowest BCUT2D eigenvalue weighted by molar-refractivity contribution is -0.904. The molecule has 4 aromatic carbocycles. The Morgan fingerprint density at radius 1 is 0.263 bits per heavy atom. The van der Waals surface area contributed by atoms with Crippen LogP contribution in [-0.2, 0) is 47.3 Å². The van der Waals surface area contributed by atoms with E-state index in [2.05, 4.69) is 132 Å². The Hall–Kier alpha value is -4.08. The molecule has 9 rings (SSSR count). The molecular formula is C72H112N4O4+4. The maximum Gasteiger partial charge on any atom is 0.137 e. The van der Waals surface area contributed by atoms with Crippen LogP contribution in [0.3, 0.4) is 0 Å². The Bertz CT molecular complexity index is 2200. The van der Waals surface area contributed by atoms with Crippen molar-refractivity contribution in [3.05, 3.63) is 115 Å². The molecule has 4 N–H and O–H groups in total. The van der Waals surface area contributed by atoms with Crippen molar-refractivity contribution in [1.82, 2.24) is 0 Å². The minimum Gasteiger partial charge on any atom is -0.487 e. The second kappa shape index (κ2) is 26.7. The highest BCUT2D eigenvalue weighted by atomic mass is 16.5. The highest BCUT2D eigenvalue weighted by Crippen LogP contribution is 2.44. The summed E-state index contributed by atoms with van der Waals surface area (Å²) < 4.78 is 29.9. The van der Waals surface area contributed by atoms with Crippen molar-refractivity contribution in [2.75, 3.05) is 105 Å². The van der Waals surface area contributed by atoms with Crippen LogP contribution in [-0.4, -0.2) is 105 Å². The quantitative estimate of drug-likeness (QED) is 0.0797. The first-order valence-corrected chi connectivity index (χ1v) is 32.7. The van der Waals surface area contributed by atoms with Crippen LogP contribution in [0.25, 0.3) is 0 Å². The maximum atomic E-state index is 7.47. The number of likely N-dealkylation sites (tertiary alicyclic amines) is 4. The number of hydrogen-bond acceptors (Lipinski definition) is 4. The molecule has 4 saturated heterocycles. The molecule has 0 unspecified atom stereocenters. The third-order valence-corrected chi connectivity index (χ3v) is 19.0. The van der Waals surface area contributed by atoms with E-state index >= 15 is 0 Å². The highest BCUT2D eigenvalue weighted by molar-refractivity contribution is 5.60. The molecule has 5 aliphatic rings. The van der Waals surface area contributed by atoms with Crippen LogP contribution >= 0.6 is 0 Å². The number of piperidine rings is 4. The summed E-state index contributed by atoms with van der Waals surface area (Å²) in [5.74, 6) is 4.24. The van der Waals surface area contributed by atoms with E-state index in [1.165, 1.54) is 196 Å². The van der Waals surface area contributed by atoms with Gasteiger partial charge in [0.25, 0.3) is 0 Å². The Balaban J connectivity index is 1.29. The van der Waals surface area contributed by atoms with Crippen LogP contribution in [0, 0.1) is 0 Å². The number of hydrogen-bond donors (Lipinski definition) is 4. The highest BCUT2D eigenvalue weighted by Gasteiger charge is 2.31. The largest absolute Gasteiger partial charge is 0.487 e. The Kier molecular flexibility index (Phi) is 20.2. The van der Waals surface area contributed by atoms with Gasteiger partial charge in [-0.25, -0.2) is 0 Å². The standard InChI is InChI=1S/C72H108N4O4/c1-69(2,3)61-45-53-41-55-47-62(70(4,5)6)49-57(66(55)78-38-34-74-27-19-14-20-28-74)43-59-51-64(72(10,11)12)52-60(68(59)80-40-36-76-31-23-16-24-32-76)44-58-50-63(71(7,8)9)48-56(67(58)79-39-35-75-29-21-15-22-30-75)42-54(46-61)65(53)77-37-33-73-25-17-13-18-26-73/h45-52H,13-44H2,1-12H3/p+4. The van der Waals surface area contributed by atoms with Crippen molar-refractivity contribution in [3.63, 3.8) is 0 Å². The molecule has 4 aliphatic heterocycles. The zero-order chi connectivity index (χ0) is 56.7. The first kappa shape index (κ1) is 60.5. The van der Waals surface area contributed by atoms with Crippen LogP contribution in [0.1, 0.15) is 227 Å². The van der Waals surface area contributed by atoms with Crippen LogP contribution in [0.4, 0.5) is 0 Å². The van der Waals surface area contributed by atoms with Crippen molar-refractivity contribution < 1.29 is 38.5 Å². The lowest BCUT2D eigenvalue weighted by Crippen LogP contribution is -3.13. The number of ether oxygens (including phenoxy) is 4. The summed E-state index contributed by atoms with van der Waals surface area (Å²) in [6, 6.07) is 20.2. The SMILES string of the molecule is CC(C)(C)c1cc2c(OCC[NH+]3CCCCC3)c(c1)Cc1cc(C(C)(C)C)cc(c1OCC[NH+]1CCCCC1)Cc1cc(C(C)(C)C)cc(c1OCC[NH+]1CCCCC1)Cc1cc(C(C)(C)C)cc(c1OCC[NH+]1CCCCC1)C2. The van der Waals surface area contributed by atoms with Crippen LogP contribution < -0.4 is 38.5 Å². The van der Waals surface area contributed by atoms with Gasteiger partial charge in [-0.1, -0.05) is 132 Å². The third kappa shape index (κ3) is 16.2. The molecule has 0 saturated carbocycles. The summed E-state index contributed by atoms with van der Waals surface area (Å²) >= 11 is 0. The number of fused-ring (bicyclic) bond motifs is 8. The minimum absolute atomic E-state index is 0.0931. The molecule has 4 aromatic rings. The summed E-state index contributed by atoms with van der Waals surface area (Å²) in [5.41, 5.74) is 15.1. The minimum atomic E-state index is -0.0931. The summed E-state index contributed by atoms with van der Waals surface area (Å²) in [6.07, 6.45) is 18.7. The zero-order valence-electron chi connectivity index (χ0n) is 52.9. The van der Waals surface area contributed by atoms with E-state index in [1.807, 2.05) is 0 Å². The van der Waals surface area contributed by atoms with Gasteiger partial charge in [0.2, 0.25) is 0 Å². The van der Waals surface area contributed by atoms with E-state index in [0.29, 0.717) is 26.4 Å². The van der Waals surface area contributed by atoms with E-state index in [0.717, 1.165) is 74.9 Å². The Morgan fingerprint density at radius 3 is 0.575 bits per heavy atom.